The first-order valence-corrected chi connectivity index (χ1v) is 21.5. The summed E-state index contributed by atoms with van der Waals surface area (Å²) in [6.45, 7) is 3.23. The van der Waals surface area contributed by atoms with E-state index >= 15 is 0 Å². The smallest absolute Gasteiger partial charge is 0.462 e. The second-order valence-corrected chi connectivity index (χ2v) is 15.5. The molecular formula is C38H71O13P. The van der Waals surface area contributed by atoms with E-state index in [-0.39, 0.29) is 12.8 Å². The number of phosphoric acid groups is 1. The van der Waals surface area contributed by atoms with Gasteiger partial charge < -0.3 is 39.9 Å². The van der Waals surface area contributed by atoms with Crippen molar-refractivity contribution in [2.24, 2.45) is 0 Å². The molecule has 0 bridgehead atoms. The van der Waals surface area contributed by atoms with Gasteiger partial charge in [0, 0.05) is 12.8 Å². The zero-order valence-corrected chi connectivity index (χ0v) is 32.8. The van der Waals surface area contributed by atoms with Crippen molar-refractivity contribution >= 4 is 19.8 Å². The molecule has 0 aromatic heterocycles. The van der Waals surface area contributed by atoms with Crippen molar-refractivity contribution in [2.45, 2.75) is 204 Å². The lowest BCUT2D eigenvalue weighted by atomic mass is 9.85. The second kappa shape index (κ2) is 29.9. The van der Waals surface area contributed by atoms with Gasteiger partial charge in [-0.2, -0.15) is 0 Å². The summed E-state index contributed by atoms with van der Waals surface area (Å²) in [6, 6.07) is 0. The van der Waals surface area contributed by atoms with Crippen molar-refractivity contribution in [1.82, 2.24) is 0 Å². The minimum absolute atomic E-state index is 0.0898. The first-order chi connectivity index (χ1) is 24.9. The molecule has 1 aliphatic rings. The minimum Gasteiger partial charge on any atom is -0.462 e. The minimum atomic E-state index is -5.10. The lowest BCUT2D eigenvalue weighted by molar-refractivity contribution is -0.220. The highest BCUT2D eigenvalue weighted by Crippen LogP contribution is 2.47. The number of unbranched alkanes of at least 4 members (excludes halogenated alkanes) is 18. The third-order valence-corrected chi connectivity index (χ3v) is 10.3. The Bertz CT molecular complexity index is 980. The molecule has 13 nitrogen and oxygen atoms in total. The average Bonchev–Trinajstić information content (AvgIpc) is 3.12. The van der Waals surface area contributed by atoms with Crippen LogP contribution in [0, 0.1) is 0 Å². The third-order valence-electron chi connectivity index (χ3n) is 9.36. The van der Waals surface area contributed by atoms with Gasteiger partial charge >= 0.3 is 19.8 Å². The molecule has 0 amide bonds. The SMILES string of the molecule is CCCCCC/C=C/CCCCCCCC(=O)O[C@H](COC(=O)CCCCCCCCCCCC)COP(=O)(O)OC1C(O)C(O)C(O)[C@@H](O)C1O. The van der Waals surface area contributed by atoms with Gasteiger partial charge in [0.25, 0.3) is 0 Å². The molecule has 14 heteroatoms. The number of carbonyl (C=O) groups is 2. The Hall–Kier alpha value is -1.41. The highest BCUT2D eigenvalue weighted by molar-refractivity contribution is 7.47. The van der Waals surface area contributed by atoms with Gasteiger partial charge in [-0.25, -0.2) is 4.57 Å². The summed E-state index contributed by atoms with van der Waals surface area (Å²) < 4.78 is 33.3. The zero-order chi connectivity index (χ0) is 38.6. The van der Waals surface area contributed by atoms with E-state index in [2.05, 4.69) is 26.0 Å². The molecule has 6 N–H and O–H groups in total. The second-order valence-electron chi connectivity index (χ2n) is 14.1. The molecule has 0 heterocycles. The van der Waals surface area contributed by atoms with Crippen molar-refractivity contribution < 1.29 is 63.1 Å². The normalized spacial score (nSPS) is 23.8. The van der Waals surface area contributed by atoms with Crippen LogP contribution >= 0.6 is 7.82 Å². The Balaban J connectivity index is 2.54. The molecular weight excluding hydrogens is 695 g/mol. The summed E-state index contributed by atoms with van der Waals surface area (Å²) in [6.07, 6.45) is 14.3. The van der Waals surface area contributed by atoms with E-state index < -0.39 is 75.7 Å². The fourth-order valence-corrected chi connectivity index (χ4v) is 7.02. The lowest BCUT2D eigenvalue weighted by Gasteiger charge is -2.41. The molecule has 0 aliphatic heterocycles. The third kappa shape index (κ3) is 22.7. The molecule has 1 rings (SSSR count). The largest absolute Gasteiger partial charge is 0.472 e. The van der Waals surface area contributed by atoms with Crippen LogP contribution in [0.4, 0.5) is 0 Å². The topological polar surface area (TPSA) is 210 Å². The predicted molar refractivity (Wildman–Crippen MR) is 198 cm³/mol. The monoisotopic (exact) mass is 766 g/mol. The van der Waals surface area contributed by atoms with Crippen LogP contribution < -0.4 is 0 Å². The molecule has 0 saturated heterocycles. The van der Waals surface area contributed by atoms with Gasteiger partial charge in [-0.15, -0.1) is 0 Å². The maximum atomic E-state index is 12.7. The Morgan fingerprint density at radius 2 is 0.981 bits per heavy atom. The fourth-order valence-electron chi connectivity index (χ4n) is 6.05. The predicted octanol–water partition coefficient (Wildman–Crippen LogP) is 6.33. The van der Waals surface area contributed by atoms with E-state index in [0.717, 1.165) is 57.8 Å². The van der Waals surface area contributed by atoms with E-state index in [1.807, 2.05) is 0 Å². The number of aliphatic hydroxyl groups is 5. The Morgan fingerprint density at radius 1 is 0.577 bits per heavy atom. The summed E-state index contributed by atoms with van der Waals surface area (Å²) in [4.78, 5) is 35.4. The number of rotatable bonds is 32. The molecule has 52 heavy (non-hydrogen) atoms. The average molecular weight is 767 g/mol. The number of hydrogen-bond acceptors (Lipinski definition) is 12. The van der Waals surface area contributed by atoms with Gasteiger partial charge in [0.15, 0.2) is 6.10 Å². The van der Waals surface area contributed by atoms with Crippen molar-refractivity contribution in [3.63, 3.8) is 0 Å². The van der Waals surface area contributed by atoms with Crippen molar-refractivity contribution in [2.75, 3.05) is 13.2 Å². The standard InChI is InChI=1S/C38H71O13P/c1-3-5-7-9-11-13-15-16-17-19-21-23-25-27-32(40)50-30(28-48-31(39)26-24-22-20-18-14-12-10-8-6-4-2)29-49-52(46,47)51-38-36(44)34(42)33(41)35(43)37(38)45/h13,15,30,33-38,41-45H,3-12,14,16-29H2,1-2H3,(H,46,47)/b15-13+/t30-,33?,34-,35?,36?,37?,38?/m1/s1. The van der Waals surface area contributed by atoms with Gasteiger partial charge in [-0.05, 0) is 38.5 Å². The van der Waals surface area contributed by atoms with E-state index in [4.69, 9.17) is 18.5 Å². The van der Waals surface area contributed by atoms with Crippen LogP contribution in [0.25, 0.3) is 0 Å². The maximum Gasteiger partial charge on any atom is 0.472 e. The molecule has 0 radical (unpaired) electrons. The van der Waals surface area contributed by atoms with Gasteiger partial charge in [-0.3, -0.25) is 18.6 Å². The first-order valence-electron chi connectivity index (χ1n) is 20.0. The van der Waals surface area contributed by atoms with E-state index in [1.165, 1.54) is 64.2 Å². The fraction of sp³-hybridized carbons (Fsp3) is 0.895. The first kappa shape index (κ1) is 48.6. The van der Waals surface area contributed by atoms with Gasteiger partial charge in [0.1, 0.15) is 43.2 Å². The Morgan fingerprint density at radius 3 is 1.48 bits per heavy atom. The number of ether oxygens (including phenoxy) is 2. The van der Waals surface area contributed by atoms with Crippen LogP contribution in [0.5, 0.6) is 0 Å². The molecule has 1 fully saturated rings. The van der Waals surface area contributed by atoms with Crippen LogP contribution in [0.15, 0.2) is 12.2 Å². The summed E-state index contributed by atoms with van der Waals surface area (Å²) in [5.74, 6) is -1.11. The molecule has 306 valence electrons. The molecule has 0 spiro atoms. The highest BCUT2D eigenvalue weighted by atomic mass is 31.2. The lowest BCUT2D eigenvalue weighted by Crippen LogP contribution is -2.64. The van der Waals surface area contributed by atoms with E-state index in [0.29, 0.717) is 12.8 Å². The molecule has 1 aliphatic carbocycles. The van der Waals surface area contributed by atoms with Crippen LogP contribution in [0.2, 0.25) is 0 Å². The van der Waals surface area contributed by atoms with Gasteiger partial charge in [0.05, 0.1) is 6.61 Å². The number of hydrogen-bond donors (Lipinski definition) is 6. The molecule has 0 aromatic rings. The number of phosphoric ester groups is 1. The number of esters is 2. The molecule has 6 unspecified atom stereocenters. The number of carbonyl (C=O) groups excluding carboxylic acids is 2. The van der Waals surface area contributed by atoms with E-state index in [1.54, 1.807) is 0 Å². The maximum absolute atomic E-state index is 12.7. The summed E-state index contributed by atoms with van der Waals surface area (Å²) >= 11 is 0. The number of aliphatic hydroxyl groups excluding tert-OH is 5. The van der Waals surface area contributed by atoms with Crippen molar-refractivity contribution in [3.8, 4) is 0 Å². The summed E-state index contributed by atoms with van der Waals surface area (Å²) in [5.41, 5.74) is 0. The molecule has 1 saturated carbocycles. The summed E-state index contributed by atoms with van der Waals surface area (Å²) in [5, 5.41) is 49.9. The zero-order valence-electron chi connectivity index (χ0n) is 31.9. The van der Waals surface area contributed by atoms with Gasteiger partial charge in [0.2, 0.25) is 0 Å². The summed E-state index contributed by atoms with van der Waals surface area (Å²) in [7, 11) is -5.10. The highest BCUT2D eigenvalue weighted by Gasteiger charge is 2.51. The Kier molecular flexibility index (Phi) is 27.9. The molecule has 0 aromatic carbocycles. The van der Waals surface area contributed by atoms with Crippen molar-refractivity contribution in [3.05, 3.63) is 12.2 Å². The van der Waals surface area contributed by atoms with Crippen LogP contribution in [0.3, 0.4) is 0 Å². The number of allylic oxidation sites excluding steroid dienone is 2. The Labute approximate surface area is 312 Å². The van der Waals surface area contributed by atoms with Crippen molar-refractivity contribution in [1.29, 1.82) is 0 Å². The van der Waals surface area contributed by atoms with Crippen LogP contribution in [0.1, 0.15) is 162 Å². The van der Waals surface area contributed by atoms with Gasteiger partial charge in [-0.1, -0.05) is 122 Å². The van der Waals surface area contributed by atoms with E-state index in [9.17, 15) is 44.6 Å². The van der Waals surface area contributed by atoms with Crippen LogP contribution in [-0.2, 0) is 32.7 Å². The van der Waals surface area contributed by atoms with Crippen LogP contribution in [-0.4, -0.2) is 98.3 Å². The molecule has 8 atom stereocenters. The quantitative estimate of drug-likeness (QED) is 0.0192.